The largest absolute Gasteiger partial charge is 0.320 e. The molecule has 0 bridgehead atoms. The highest BCUT2D eigenvalue weighted by molar-refractivity contribution is 5.16. The fraction of sp³-hybridized carbons (Fsp3) is 0.333. The van der Waals surface area contributed by atoms with E-state index in [-0.39, 0.29) is 12.6 Å². The van der Waals surface area contributed by atoms with Crippen LogP contribution in [0.1, 0.15) is 18.8 Å². The van der Waals surface area contributed by atoms with Crippen molar-refractivity contribution in [1.29, 1.82) is 0 Å². The lowest BCUT2D eigenvalue weighted by molar-refractivity contribution is -0.382. The van der Waals surface area contributed by atoms with E-state index in [0.29, 0.717) is 0 Å². The van der Waals surface area contributed by atoms with Crippen LogP contribution in [-0.2, 0) is 9.47 Å². The summed E-state index contributed by atoms with van der Waals surface area (Å²) in [5.74, 6) is 0. The van der Waals surface area contributed by atoms with Crippen LogP contribution in [0.25, 0.3) is 0 Å². The average Bonchev–Trinajstić information content (AvgIpc) is 2.01. The maximum absolute atomic E-state index is 5.30. The summed E-state index contributed by atoms with van der Waals surface area (Å²) < 4.78 is 10.6. The van der Waals surface area contributed by atoms with Gasteiger partial charge in [0.25, 0.3) is 0 Å². The predicted molar refractivity (Wildman–Crippen MR) is 40.8 cm³/mol. The molecule has 1 aliphatic heterocycles. The smallest absolute Gasteiger partial charge is 0.189 e. The molecule has 11 heavy (non-hydrogen) atoms. The van der Waals surface area contributed by atoms with Crippen molar-refractivity contribution < 1.29 is 9.47 Å². The zero-order valence-corrected chi connectivity index (χ0v) is 6.36. The quantitative estimate of drug-likeness (QED) is 0.610. The molecule has 1 fully saturated rings. The van der Waals surface area contributed by atoms with E-state index in [1.165, 1.54) is 0 Å². The fourth-order valence-corrected chi connectivity index (χ4v) is 1.13. The average molecular weight is 150 g/mol. The molecule has 0 unspecified atom stereocenters. The van der Waals surface area contributed by atoms with E-state index in [4.69, 9.17) is 9.47 Å². The number of hydrogen-bond donors (Lipinski definition) is 0. The third kappa shape index (κ3) is 1.27. The molecule has 1 heterocycles. The van der Waals surface area contributed by atoms with Crippen molar-refractivity contribution in [3.05, 3.63) is 35.9 Å². The highest BCUT2D eigenvalue weighted by Crippen LogP contribution is 2.30. The number of benzene rings is 1. The summed E-state index contributed by atoms with van der Waals surface area (Å²) in [6.07, 6.45) is -0.175. The minimum Gasteiger partial charge on any atom is -0.320 e. The van der Waals surface area contributed by atoms with E-state index >= 15 is 0 Å². The Hall–Kier alpha value is -0.860. The molecule has 2 heteroatoms. The first kappa shape index (κ1) is 6.83. The minimum atomic E-state index is -0.133. The fourth-order valence-electron chi connectivity index (χ4n) is 1.13. The summed E-state index contributed by atoms with van der Waals surface area (Å²) in [6, 6.07) is 9.93. The summed E-state index contributed by atoms with van der Waals surface area (Å²) in [7, 11) is 0. The van der Waals surface area contributed by atoms with E-state index in [9.17, 15) is 0 Å². The normalized spacial score (nSPS) is 29.5. The summed E-state index contributed by atoms with van der Waals surface area (Å²) in [5.41, 5.74) is 1.09. The number of hydrogen-bond acceptors (Lipinski definition) is 2. The minimum absolute atomic E-state index is 0.0415. The van der Waals surface area contributed by atoms with Crippen molar-refractivity contribution in [3.63, 3.8) is 0 Å². The molecule has 0 aliphatic carbocycles. The van der Waals surface area contributed by atoms with Crippen molar-refractivity contribution in [2.24, 2.45) is 0 Å². The Bertz CT molecular complexity index is 227. The van der Waals surface area contributed by atoms with E-state index in [1.54, 1.807) is 0 Å². The lowest BCUT2D eigenvalue weighted by atomic mass is 10.2. The maximum atomic E-state index is 5.30. The third-order valence-corrected chi connectivity index (χ3v) is 1.70. The number of rotatable bonds is 1. The molecule has 1 saturated heterocycles. The summed E-state index contributed by atoms with van der Waals surface area (Å²) in [5, 5.41) is 0. The zero-order valence-electron chi connectivity index (χ0n) is 6.36. The Morgan fingerprint density at radius 3 is 2.27 bits per heavy atom. The van der Waals surface area contributed by atoms with Crippen LogP contribution in [0.15, 0.2) is 30.3 Å². The van der Waals surface area contributed by atoms with Crippen molar-refractivity contribution in [2.75, 3.05) is 0 Å². The first-order chi connectivity index (χ1) is 5.36. The van der Waals surface area contributed by atoms with Gasteiger partial charge in [0.05, 0.1) is 0 Å². The van der Waals surface area contributed by atoms with Gasteiger partial charge in [-0.1, -0.05) is 30.3 Å². The predicted octanol–water partition coefficient (Wildman–Crippen LogP) is 2.08. The molecule has 0 amide bonds. The highest BCUT2D eigenvalue weighted by Gasteiger charge is 2.27. The summed E-state index contributed by atoms with van der Waals surface area (Å²) in [6.45, 7) is 1.89. The lowest BCUT2D eigenvalue weighted by Gasteiger charge is -2.33. The molecule has 1 aromatic rings. The van der Waals surface area contributed by atoms with Gasteiger partial charge in [-0.15, -0.1) is 0 Å². The molecule has 0 aromatic heterocycles. The molecule has 0 atom stereocenters. The van der Waals surface area contributed by atoms with Crippen molar-refractivity contribution in [3.8, 4) is 0 Å². The van der Waals surface area contributed by atoms with Gasteiger partial charge in [0.2, 0.25) is 0 Å². The molecule has 2 nitrogen and oxygen atoms in total. The molecule has 1 aromatic carbocycles. The van der Waals surface area contributed by atoms with Gasteiger partial charge < -0.3 is 9.47 Å². The van der Waals surface area contributed by atoms with Crippen molar-refractivity contribution in [1.82, 2.24) is 0 Å². The van der Waals surface area contributed by atoms with Crippen LogP contribution in [0.2, 0.25) is 0 Å². The Labute approximate surface area is 65.7 Å². The second kappa shape index (κ2) is 2.64. The van der Waals surface area contributed by atoms with Crippen LogP contribution in [0.5, 0.6) is 0 Å². The van der Waals surface area contributed by atoms with Crippen LogP contribution < -0.4 is 0 Å². The Morgan fingerprint density at radius 2 is 1.73 bits per heavy atom. The second-order valence-corrected chi connectivity index (χ2v) is 2.58. The molecular weight excluding hydrogens is 140 g/mol. The Morgan fingerprint density at radius 1 is 1.09 bits per heavy atom. The van der Waals surface area contributed by atoms with Gasteiger partial charge in [0.1, 0.15) is 0 Å². The van der Waals surface area contributed by atoms with Crippen molar-refractivity contribution in [2.45, 2.75) is 19.5 Å². The van der Waals surface area contributed by atoms with E-state index < -0.39 is 0 Å². The molecule has 0 radical (unpaired) electrons. The van der Waals surface area contributed by atoms with Crippen molar-refractivity contribution >= 4 is 0 Å². The topological polar surface area (TPSA) is 18.5 Å². The van der Waals surface area contributed by atoms with Crippen LogP contribution in [0.4, 0.5) is 0 Å². The van der Waals surface area contributed by atoms with Gasteiger partial charge in [-0.3, -0.25) is 0 Å². The first-order valence-electron chi connectivity index (χ1n) is 3.72. The monoisotopic (exact) mass is 150 g/mol. The first-order valence-corrected chi connectivity index (χ1v) is 3.72. The van der Waals surface area contributed by atoms with Crippen LogP contribution in [0, 0.1) is 0 Å². The third-order valence-electron chi connectivity index (χ3n) is 1.70. The van der Waals surface area contributed by atoms with Gasteiger partial charge in [0.15, 0.2) is 12.6 Å². The van der Waals surface area contributed by atoms with E-state index in [1.807, 2.05) is 37.3 Å². The lowest BCUT2D eigenvalue weighted by Crippen LogP contribution is -2.31. The molecule has 0 spiro atoms. The molecule has 2 rings (SSSR count). The standard InChI is InChI=1S/C9H10O2/c1-7-10-9(11-7)8-5-3-2-4-6-8/h2-7,9H,1H3. The Balaban J connectivity index is 2.08. The molecule has 0 saturated carbocycles. The van der Waals surface area contributed by atoms with Gasteiger partial charge >= 0.3 is 0 Å². The molecular formula is C9H10O2. The van der Waals surface area contributed by atoms with E-state index in [0.717, 1.165) is 5.56 Å². The molecule has 58 valence electrons. The van der Waals surface area contributed by atoms with Crippen LogP contribution in [-0.4, -0.2) is 6.29 Å². The van der Waals surface area contributed by atoms with Gasteiger partial charge in [-0.25, -0.2) is 0 Å². The molecule has 0 N–H and O–H groups in total. The summed E-state index contributed by atoms with van der Waals surface area (Å²) in [4.78, 5) is 0. The summed E-state index contributed by atoms with van der Waals surface area (Å²) >= 11 is 0. The van der Waals surface area contributed by atoms with Crippen LogP contribution >= 0.6 is 0 Å². The number of ether oxygens (including phenoxy) is 2. The SMILES string of the molecule is CC1OC(c2ccccc2)O1. The highest BCUT2D eigenvalue weighted by atomic mass is 16.9. The second-order valence-electron chi connectivity index (χ2n) is 2.58. The van der Waals surface area contributed by atoms with Crippen LogP contribution in [0.3, 0.4) is 0 Å². The van der Waals surface area contributed by atoms with Gasteiger partial charge in [0, 0.05) is 5.56 Å². The molecule has 1 aliphatic rings. The Kier molecular flexibility index (Phi) is 1.64. The van der Waals surface area contributed by atoms with E-state index in [2.05, 4.69) is 0 Å². The maximum Gasteiger partial charge on any atom is 0.189 e. The van der Waals surface area contributed by atoms with Gasteiger partial charge in [-0.05, 0) is 6.92 Å². The zero-order chi connectivity index (χ0) is 7.68. The van der Waals surface area contributed by atoms with Gasteiger partial charge in [-0.2, -0.15) is 0 Å².